The number of hydrogen-bond acceptors (Lipinski definition) is 5. The molecule has 0 bridgehead atoms. The van der Waals surface area contributed by atoms with Crippen LogP contribution in [0, 0.1) is 0 Å². The topological polar surface area (TPSA) is 77.1 Å². The third-order valence-electron chi connectivity index (χ3n) is 4.10. The molecule has 0 fully saturated rings. The van der Waals surface area contributed by atoms with Crippen LogP contribution >= 0.6 is 0 Å². The predicted molar refractivity (Wildman–Crippen MR) is 97.9 cm³/mol. The molecule has 0 atom stereocenters. The van der Waals surface area contributed by atoms with Gasteiger partial charge in [0, 0.05) is 17.4 Å². The second-order valence-electron chi connectivity index (χ2n) is 5.98. The van der Waals surface area contributed by atoms with Crippen LogP contribution in [-0.2, 0) is 13.1 Å². The summed E-state index contributed by atoms with van der Waals surface area (Å²) >= 11 is 0. The summed E-state index contributed by atoms with van der Waals surface area (Å²) in [6.07, 6.45) is 6.51. The van der Waals surface area contributed by atoms with Crippen molar-refractivity contribution in [2.45, 2.75) is 13.1 Å². The van der Waals surface area contributed by atoms with Crippen LogP contribution in [0.15, 0.2) is 84.1 Å². The maximum atomic E-state index is 13.2. The van der Waals surface area contributed by atoms with Crippen molar-refractivity contribution in [3.63, 3.8) is 0 Å². The van der Waals surface area contributed by atoms with E-state index in [0.29, 0.717) is 24.4 Å². The first-order valence-corrected chi connectivity index (χ1v) is 8.46. The van der Waals surface area contributed by atoms with Crippen molar-refractivity contribution in [3.05, 3.63) is 96.7 Å². The second-order valence-corrected chi connectivity index (χ2v) is 5.98. The van der Waals surface area contributed by atoms with E-state index >= 15 is 0 Å². The van der Waals surface area contributed by atoms with E-state index in [1.165, 1.54) is 0 Å². The quantitative estimate of drug-likeness (QED) is 0.529. The van der Waals surface area contributed by atoms with Gasteiger partial charge in [0.25, 0.3) is 5.91 Å². The van der Waals surface area contributed by atoms with Crippen LogP contribution in [0.2, 0.25) is 0 Å². The SMILES string of the molecule is O=C(c1cccc(-n2cnnc2)c1)N(Cc1ccccn1)Cc1ccco1. The van der Waals surface area contributed by atoms with Gasteiger partial charge in [-0.1, -0.05) is 12.1 Å². The molecule has 0 spiro atoms. The van der Waals surface area contributed by atoms with Gasteiger partial charge < -0.3 is 9.32 Å². The predicted octanol–water partition coefficient (Wildman–Crippen LogP) is 3.10. The van der Waals surface area contributed by atoms with Crippen molar-refractivity contribution in [2.24, 2.45) is 0 Å². The molecule has 0 saturated heterocycles. The summed E-state index contributed by atoms with van der Waals surface area (Å²) in [5, 5.41) is 7.62. The molecule has 0 aliphatic heterocycles. The number of benzene rings is 1. The van der Waals surface area contributed by atoms with Crippen LogP contribution in [0.25, 0.3) is 5.69 Å². The molecule has 0 unspecified atom stereocenters. The lowest BCUT2D eigenvalue weighted by Gasteiger charge is -2.22. The molecular weight excluding hydrogens is 342 g/mol. The Balaban J connectivity index is 1.62. The first-order chi connectivity index (χ1) is 13.3. The van der Waals surface area contributed by atoms with Crippen molar-refractivity contribution in [3.8, 4) is 5.69 Å². The van der Waals surface area contributed by atoms with E-state index in [4.69, 9.17) is 4.42 Å². The second kappa shape index (κ2) is 7.65. The third-order valence-corrected chi connectivity index (χ3v) is 4.10. The Kier molecular flexibility index (Phi) is 4.74. The number of aromatic nitrogens is 4. The Labute approximate surface area is 155 Å². The van der Waals surface area contributed by atoms with E-state index in [1.54, 1.807) is 40.6 Å². The first-order valence-electron chi connectivity index (χ1n) is 8.46. The highest BCUT2D eigenvalue weighted by atomic mass is 16.3. The average Bonchev–Trinajstić information content (AvgIpc) is 3.42. The number of carbonyl (C=O) groups excluding carboxylic acids is 1. The zero-order chi connectivity index (χ0) is 18.5. The Morgan fingerprint density at radius 3 is 2.63 bits per heavy atom. The van der Waals surface area contributed by atoms with Crippen molar-refractivity contribution < 1.29 is 9.21 Å². The van der Waals surface area contributed by atoms with Gasteiger partial charge in [-0.2, -0.15) is 0 Å². The van der Waals surface area contributed by atoms with Gasteiger partial charge in [0.1, 0.15) is 18.4 Å². The van der Waals surface area contributed by atoms with Crippen LogP contribution in [0.5, 0.6) is 0 Å². The van der Waals surface area contributed by atoms with E-state index in [1.807, 2.05) is 48.5 Å². The van der Waals surface area contributed by atoms with Crippen molar-refractivity contribution >= 4 is 5.91 Å². The van der Waals surface area contributed by atoms with E-state index in [9.17, 15) is 4.79 Å². The molecule has 4 rings (SSSR count). The van der Waals surface area contributed by atoms with Crippen LogP contribution in [0.1, 0.15) is 21.8 Å². The zero-order valence-electron chi connectivity index (χ0n) is 14.5. The maximum absolute atomic E-state index is 13.2. The number of nitrogens with zero attached hydrogens (tertiary/aromatic N) is 5. The lowest BCUT2D eigenvalue weighted by molar-refractivity contribution is 0.0715. The fourth-order valence-electron chi connectivity index (χ4n) is 2.79. The van der Waals surface area contributed by atoms with Gasteiger partial charge in [-0.3, -0.25) is 14.3 Å². The molecule has 1 aromatic carbocycles. The van der Waals surface area contributed by atoms with Crippen molar-refractivity contribution in [2.75, 3.05) is 0 Å². The molecule has 0 saturated carbocycles. The summed E-state index contributed by atoms with van der Waals surface area (Å²) in [7, 11) is 0. The summed E-state index contributed by atoms with van der Waals surface area (Å²) in [6.45, 7) is 0.747. The molecule has 134 valence electrons. The smallest absolute Gasteiger partial charge is 0.254 e. The van der Waals surface area contributed by atoms with E-state index in [-0.39, 0.29) is 5.91 Å². The molecular formula is C20H17N5O2. The van der Waals surface area contributed by atoms with Gasteiger partial charge in [-0.15, -0.1) is 10.2 Å². The van der Waals surface area contributed by atoms with Crippen LogP contribution < -0.4 is 0 Å². The molecule has 27 heavy (non-hydrogen) atoms. The highest BCUT2D eigenvalue weighted by Crippen LogP contribution is 2.16. The van der Waals surface area contributed by atoms with Gasteiger partial charge in [0.05, 0.1) is 25.0 Å². The van der Waals surface area contributed by atoms with Gasteiger partial charge in [-0.25, -0.2) is 0 Å². The maximum Gasteiger partial charge on any atom is 0.254 e. The molecule has 0 N–H and O–H groups in total. The molecule has 7 nitrogen and oxygen atoms in total. The first kappa shape index (κ1) is 16.7. The molecule has 0 radical (unpaired) electrons. The van der Waals surface area contributed by atoms with E-state index in [0.717, 1.165) is 11.4 Å². The highest BCUT2D eigenvalue weighted by molar-refractivity contribution is 5.94. The van der Waals surface area contributed by atoms with Crippen molar-refractivity contribution in [1.29, 1.82) is 0 Å². The Bertz CT molecular complexity index is 998. The molecule has 7 heteroatoms. The minimum atomic E-state index is -0.105. The highest BCUT2D eigenvalue weighted by Gasteiger charge is 2.19. The average molecular weight is 359 g/mol. The molecule has 0 aliphatic rings. The molecule has 3 heterocycles. The lowest BCUT2D eigenvalue weighted by Crippen LogP contribution is -2.30. The number of furan rings is 1. The molecule has 0 aliphatic carbocycles. The third kappa shape index (κ3) is 3.92. The normalized spacial score (nSPS) is 10.7. The summed E-state index contributed by atoms with van der Waals surface area (Å²) in [5.41, 5.74) is 2.21. The Hall–Kier alpha value is -3.74. The fraction of sp³-hybridized carbons (Fsp3) is 0.100. The number of rotatable bonds is 6. The van der Waals surface area contributed by atoms with Crippen LogP contribution in [0.3, 0.4) is 0 Å². The Morgan fingerprint density at radius 1 is 1.00 bits per heavy atom. The summed E-state index contributed by atoms with van der Waals surface area (Å²) in [4.78, 5) is 19.3. The lowest BCUT2D eigenvalue weighted by atomic mass is 10.1. The molecule has 1 amide bonds. The molecule has 3 aromatic heterocycles. The van der Waals surface area contributed by atoms with Crippen LogP contribution in [0.4, 0.5) is 0 Å². The largest absolute Gasteiger partial charge is 0.467 e. The monoisotopic (exact) mass is 359 g/mol. The van der Waals surface area contributed by atoms with Crippen LogP contribution in [-0.4, -0.2) is 30.6 Å². The standard InChI is InChI=1S/C20H17N5O2/c26-20(16-5-3-7-18(11-16)25-14-22-23-15-25)24(13-19-8-4-10-27-19)12-17-6-1-2-9-21-17/h1-11,14-15H,12-13H2. The minimum absolute atomic E-state index is 0.105. The summed E-state index contributed by atoms with van der Waals surface area (Å²) < 4.78 is 7.19. The van der Waals surface area contributed by atoms with Gasteiger partial charge in [-0.05, 0) is 42.5 Å². The van der Waals surface area contributed by atoms with E-state index < -0.39 is 0 Å². The zero-order valence-corrected chi connectivity index (χ0v) is 14.5. The molecule has 4 aromatic rings. The van der Waals surface area contributed by atoms with Gasteiger partial charge >= 0.3 is 0 Å². The number of hydrogen-bond donors (Lipinski definition) is 0. The number of amides is 1. The summed E-state index contributed by atoms with van der Waals surface area (Å²) in [6, 6.07) is 16.7. The summed E-state index contributed by atoms with van der Waals surface area (Å²) in [5.74, 6) is 0.612. The van der Waals surface area contributed by atoms with Gasteiger partial charge in [0.2, 0.25) is 0 Å². The van der Waals surface area contributed by atoms with Crippen molar-refractivity contribution in [1.82, 2.24) is 24.6 Å². The van der Waals surface area contributed by atoms with Gasteiger partial charge in [0.15, 0.2) is 0 Å². The van der Waals surface area contributed by atoms with E-state index in [2.05, 4.69) is 15.2 Å². The Morgan fingerprint density at radius 2 is 1.89 bits per heavy atom. The number of pyridine rings is 1. The minimum Gasteiger partial charge on any atom is -0.467 e. The fourth-order valence-corrected chi connectivity index (χ4v) is 2.79. The number of carbonyl (C=O) groups is 1.